The van der Waals surface area contributed by atoms with Crippen molar-refractivity contribution in [3.8, 4) is 5.69 Å². The number of nitrogens with zero attached hydrogens (tertiary/aromatic N) is 7. The van der Waals surface area contributed by atoms with Crippen LogP contribution >= 0.6 is 0 Å². The summed E-state index contributed by atoms with van der Waals surface area (Å²) in [6.07, 6.45) is 9.19. The summed E-state index contributed by atoms with van der Waals surface area (Å²) in [7, 11) is 0. The normalized spacial score (nSPS) is 23.0. The summed E-state index contributed by atoms with van der Waals surface area (Å²) >= 11 is 0. The van der Waals surface area contributed by atoms with Gasteiger partial charge in [-0.1, -0.05) is 0 Å². The van der Waals surface area contributed by atoms with Crippen LogP contribution in [0.1, 0.15) is 25.5 Å². The number of nitrogens with two attached hydrogens (primary N) is 1. The molecule has 0 radical (unpaired) electrons. The average Bonchev–Trinajstić information content (AvgIpc) is 3.53. The van der Waals surface area contributed by atoms with Gasteiger partial charge < -0.3 is 24.9 Å². The van der Waals surface area contributed by atoms with Crippen molar-refractivity contribution >= 4 is 22.5 Å². The molecule has 2 fully saturated rings. The monoisotopic (exact) mass is 434 g/mol. The van der Waals surface area contributed by atoms with E-state index in [9.17, 15) is 5.11 Å². The number of aromatic nitrogens is 6. The molecule has 32 heavy (non-hydrogen) atoms. The Morgan fingerprint density at radius 1 is 1.22 bits per heavy atom. The Bertz CT molecular complexity index is 1290. The van der Waals surface area contributed by atoms with E-state index in [-0.39, 0.29) is 24.2 Å². The van der Waals surface area contributed by atoms with Crippen molar-refractivity contribution in [1.82, 2.24) is 29.1 Å². The van der Waals surface area contributed by atoms with E-state index in [4.69, 9.17) is 20.4 Å². The summed E-state index contributed by atoms with van der Waals surface area (Å²) in [5.74, 6) is 0.722. The van der Waals surface area contributed by atoms with Gasteiger partial charge in [-0.25, -0.2) is 19.6 Å². The third kappa shape index (κ3) is 2.90. The summed E-state index contributed by atoms with van der Waals surface area (Å²) in [4.78, 5) is 16.0. The Labute approximate surface area is 184 Å². The minimum absolute atomic E-state index is 0.0314. The van der Waals surface area contributed by atoms with Crippen LogP contribution in [0.15, 0.2) is 37.1 Å². The smallest absolute Gasteiger partial charge is 0.182 e. The summed E-state index contributed by atoms with van der Waals surface area (Å²) in [5.41, 5.74) is 10.2. The number of aliphatic hydroxyl groups excluding tert-OH is 1. The van der Waals surface area contributed by atoms with Gasteiger partial charge in [-0.15, -0.1) is 0 Å². The van der Waals surface area contributed by atoms with Crippen LogP contribution < -0.4 is 10.6 Å². The highest BCUT2D eigenvalue weighted by Crippen LogP contribution is 2.42. The number of rotatable bonds is 3. The predicted octanol–water partition coefficient (Wildman–Crippen LogP) is 1.29. The van der Waals surface area contributed by atoms with Gasteiger partial charge in [0.15, 0.2) is 11.5 Å². The van der Waals surface area contributed by atoms with Crippen LogP contribution in [0.25, 0.3) is 22.4 Å². The lowest BCUT2D eigenvalue weighted by molar-refractivity contribution is 0.0973. The van der Waals surface area contributed by atoms with Gasteiger partial charge in [-0.05, 0) is 31.9 Å². The minimum Gasteiger partial charge on any atom is -0.390 e. The second-order valence-electron chi connectivity index (χ2n) is 8.92. The maximum atomic E-state index is 10.1. The Morgan fingerprint density at radius 3 is 2.81 bits per heavy atom. The first-order chi connectivity index (χ1) is 15.6. The third-order valence-electron chi connectivity index (χ3n) is 7.14. The zero-order valence-corrected chi connectivity index (χ0v) is 17.9. The molecule has 2 aliphatic rings. The van der Waals surface area contributed by atoms with Crippen LogP contribution in [0.3, 0.4) is 0 Å². The van der Waals surface area contributed by atoms with Gasteiger partial charge in [0.2, 0.25) is 0 Å². The van der Waals surface area contributed by atoms with E-state index in [0.29, 0.717) is 16.9 Å². The predicted molar refractivity (Wildman–Crippen MR) is 119 cm³/mol. The lowest BCUT2D eigenvalue weighted by atomic mass is 9.73. The van der Waals surface area contributed by atoms with Crippen molar-refractivity contribution in [3.63, 3.8) is 0 Å². The van der Waals surface area contributed by atoms with Gasteiger partial charge in [0.05, 0.1) is 49.2 Å². The maximum absolute atomic E-state index is 10.1. The number of anilines is 1. The minimum atomic E-state index is -0.189. The lowest BCUT2D eigenvalue weighted by Gasteiger charge is -2.41. The highest BCUT2D eigenvalue weighted by atomic mass is 16.5. The molecule has 4 aromatic rings. The molecule has 6 rings (SSSR count). The van der Waals surface area contributed by atoms with Gasteiger partial charge in [0.1, 0.15) is 11.2 Å². The van der Waals surface area contributed by atoms with Crippen LogP contribution in [-0.4, -0.2) is 66.1 Å². The molecule has 1 spiro atoms. The van der Waals surface area contributed by atoms with Crippen LogP contribution in [0.2, 0.25) is 0 Å². The average molecular weight is 435 g/mol. The first kappa shape index (κ1) is 19.6. The summed E-state index contributed by atoms with van der Waals surface area (Å²) in [6, 6.07) is 4.00. The number of aliphatic hydroxyl groups is 1. The molecule has 0 saturated carbocycles. The third-order valence-corrected chi connectivity index (χ3v) is 7.14. The lowest BCUT2D eigenvalue weighted by Crippen LogP contribution is -2.51. The number of hydrogen-bond donors (Lipinski definition) is 2. The molecule has 0 bridgehead atoms. The number of piperidine rings is 1. The van der Waals surface area contributed by atoms with Crippen molar-refractivity contribution in [2.24, 2.45) is 11.1 Å². The van der Waals surface area contributed by atoms with Crippen molar-refractivity contribution < 1.29 is 9.84 Å². The maximum Gasteiger partial charge on any atom is 0.182 e. The summed E-state index contributed by atoms with van der Waals surface area (Å²) < 4.78 is 9.51. The van der Waals surface area contributed by atoms with E-state index in [1.165, 1.54) is 0 Å². The van der Waals surface area contributed by atoms with E-state index in [2.05, 4.69) is 21.9 Å². The number of ether oxygens (including phenoxy) is 1. The van der Waals surface area contributed by atoms with Crippen LogP contribution in [0.5, 0.6) is 0 Å². The van der Waals surface area contributed by atoms with Crippen LogP contribution in [0, 0.1) is 5.41 Å². The fourth-order valence-electron chi connectivity index (χ4n) is 5.09. The van der Waals surface area contributed by atoms with Crippen molar-refractivity contribution in [3.05, 3.63) is 42.7 Å². The van der Waals surface area contributed by atoms with Gasteiger partial charge in [-0.2, -0.15) is 5.10 Å². The molecule has 166 valence electrons. The SMILES string of the molecule is C[C@@H]1OCC2(CCN(c3nc4cnn(-c5ccc6cncn6c5)c4nc3CO)CC2)[C@@H]1N. The molecular formula is C22H26N8O2. The van der Waals surface area contributed by atoms with Crippen molar-refractivity contribution in [2.75, 3.05) is 24.6 Å². The van der Waals surface area contributed by atoms with E-state index in [1.54, 1.807) is 23.4 Å². The van der Waals surface area contributed by atoms with Crippen molar-refractivity contribution in [1.29, 1.82) is 0 Å². The molecule has 0 amide bonds. The van der Waals surface area contributed by atoms with E-state index in [1.807, 2.05) is 22.7 Å². The van der Waals surface area contributed by atoms with Crippen LogP contribution in [0.4, 0.5) is 5.82 Å². The summed E-state index contributed by atoms with van der Waals surface area (Å²) in [6.45, 7) is 4.20. The molecule has 4 aromatic heterocycles. The van der Waals surface area contributed by atoms with Crippen LogP contribution in [-0.2, 0) is 11.3 Å². The molecule has 0 aliphatic carbocycles. The highest BCUT2D eigenvalue weighted by molar-refractivity contribution is 5.74. The first-order valence-corrected chi connectivity index (χ1v) is 11.0. The van der Waals surface area contributed by atoms with E-state index < -0.39 is 0 Å². The quantitative estimate of drug-likeness (QED) is 0.495. The standard InChI is InChI=1S/C22H26N8O2/c1-14-19(23)22(12-32-14)4-6-28(7-5-22)20-18(11-31)27-21-17(26-20)9-25-30(21)16-3-2-15-8-24-13-29(15)10-16/h2-3,8-10,13-14,19,31H,4-7,11-12,23H2,1H3/t14-,19+/m0/s1. The molecule has 3 N–H and O–H groups in total. The zero-order chi connectivity index (χ0) is 21.9. The number of fused-ring (bicyclic) bond motifs is 2. The number of imidazole rings is 1. The fourth-order valence-corrected chi connectivity index (χ4v) is 5.09. The zero-order valence-electron chi connectivity index (χ0n) is 17.9. The Kier molecular flexibility index (Phi) is 4.42. The van der Waals surface area contributed by atoms with E-state index >= 15 is 0 Å². The van der Waals surface area contributed by atoms with Gasteiger partial charge in [0.25, 0.3) is 0 Å². The van der Waals surface area contributed by atoms with Gasteiger partial charge in [-0.3, -0.25) is 0 Å². The molecule has 10 nitrogen and oxygen atoms in total. The highest BCUT2D eigenvalue weighted by Gasteiger charge is 2.47. The first-order valence-electron chi connectivity index (χ1n) is 11.0. The molecule has 6 heterocycles. The molecule has 0 aromatic carbocycles. The Morgan fingerprint density at radius 2 is 2.06 bits per heavy atom. The molecule has 2 saturated heterocycles. The Hall–Kier alpha value is -3.08. The second kappa shape index (κ2) is 7.22. The van der Waals surface area contributed by atoms with E-state index in [0.717, 1.165) is 49.6 Å². The topological polar surface area (TPSA) is 120 Å². The molecule has 2 aliphatic heterocycles. The van der Waals surface area contributed by atoms with Crippen molar-refractivity contribution in [2.45, 2.75) is 38.5 Å². The number of hydrogen-bond acceptors (Lipinski definition) is 8. The largest absolute Gasteiger partial charge is 0.390 e. The summed E-state index contributed by atoms with van der Waals surface area (Å²) in [5, 5.41) is 14.6. The fraction of sp³-hybridized carbons (Fsp3) is 0.455. The Balaban J connectivity index is 1.33. The molecule has 2 atom stereocenters. The van der Waals surface area contributed by atoms with Gasteiger partial charge >= 0.3 is 0 Å². The molecule has 0 unspecified atom stereocenters. The second-order valence-corrected chi connectivity index (χ2v) is 8.92. The number of pyridine rings is 1. The molecule has 10 heteroatoms. The molecular weight excluding hydrogens is 408 g/mol. The van der Waals surface area contributed by atoms with Gasteiger partial charge in [0, 0.05) is 30.7 Å².